The molecule has 0 atom stereocenters. The second kappa shape index (κ2) is 7.84. The van der Waals surface area contributed by atoms with Crippen LogP contribution >= 0.6 is 0 Å². The van der Waals surface area contributed by atoms with E-state index in [1.54, 1.807) is 0 Å². The second-order valence-electron chi connectivity index (χ2n) is 3.30. The number of esters is 1. The molecular weight excluding hydrogens is 164 g/mol. The third-order valence-electron chi connectivity index (χ3n) is 1.95. The number of ether oxygens (including phenoxy) is 1. The standard InChI is InChI=1S/C11H20O2/c1-4-5-6-7-8-10(2)9-11(12)13-3/h8H,4-7,9H2,1-3H3/b10-8+. The van der Waals surface area contributed by atoms with Gasteiger partial charge >= 0.3 is 5.97 Å². The summed E-state index contributed by atoms with van der Waals surface area (Å²) < 4.78 is 4.57. The SMILES string of the molecule is CCCCC/C=C(\C)CC(=O)OC. The highest BCUT2D eigenvalue weighted by molar-refractivity contribution is 5.71. The second-order valence-corrected chi connectivity index (χ2v) is 3.30. The zero-order chi connectivity index (χ0) is 10.1. The van der Waals surface area contributed by atoms with Crippen LogP contribution in [0.4, 0.5) is 0 Å². The Hall–Kier alpha value is -0.790. The fourth-order valence-electron chi connectivity index (χ4n) is 1.11. The minimum absolute atomic E-state index is 0.149. The van der Waals surface area contributed by atoms with E-state index < -0.39 is 0 Å². The van der Waals surface area contributed by atoms with Gasteiger partial charge in [-0.1, -0.05) is 31.4 Å². The fourth-order valence-corrected chi connectivity index (χ4v) is 1.11. The quantitative estimate of drug-likeness (QED) is 0.360. The number of carbonyl (C=O) groups is 1. The summed E-state index contributed by atoms with van der Waals surface area (Å²) in [5.74, 6) is -0.149. The Morgan fingerprint density at radius 1 is 1.38 bits per heavy atom. The third kappa shape index (κ3) is 7.57. The number of hydrogen-bond acceptors (Lipinski definition) is 2. The molecule has 0 bridgehead atoms. The summed E-state index contributed by atoms with van der Waals surface area (Å²) >= 11 is 0. The third-order valence-corrected chi connectivity index (χ3v) is 1.95. The molecule has 0 heterocycles. The van der Waals surface area contributed by atoms with Crippen LogP contribution in [-0.2, 0) is 9.53 Å². The van der Waals surface area contributed by atoms with Crippen LogP contribution in [0.15, 0.2) is 11.6 Å². The summed E-state index contributed by atoms with van der Waals surface area (Å²) in [6.07, 6.45) is 7.37. The van der Waals surface area contributed by atoms with Gasteiger partial charge in [0.2, 0.25) is 0 Å². The average molecular weight is 184 g/mol. The van der Waals surface area contributed by atoms with Crippen molar-refractivity contribution in [1.29, 1.82) is 0 Å². The number of rotatable bonds is 6. The Morgan fingerprint density at radius 2 is 2.08 bits per heavy atom. The number of allylic oxidation sites excluding steroid dienone is 1. The highest BCUT2D eigenvalue weighted by Gasteiger charge is 1.99. The highest BCUT2D eigenvalue weighted by atomic mass is 16.5. The van der Waals surface area contributed by atoms with Crippen LogP contribution in [0.5, 0.6) is 0 Å². The van der Waals surface area contributed by atoms with Crippen LogP contribution in [0.1, 0.15) is 46.0 Å². The van der Waals surface area contributed by atoms with Crippen LogP contribution in [0.25, 0.3) is 0 Å². The van der Waals surface area contributed by atoms with E-state index in [4.69, 9.17) is 0 Å². The Morgan fingerprint density at radius 3 is 2.62 bits per heavy atom. The molecule has 0 aromatic carbocycles. The molecule has 0 aliphatic rings. The summed E-state index contributed by atoms with van der Waals surface area (Å²) in [5.41, 5.74) is 1.11. The summed E-state index contributed by atoms with van der Waals surface area (Å²) in [5, 5.41) is 0. The predicted octanol–water partition coefficient (Wildman–Crippen LogP) is 3.08. The molecule has 0 aromatic heterocycles. The molecule has 2 heteroatoms. The molecule has 2 nitrogen and oxygen atoms in total. The van der Waals surface area contributed by atoms with Gasteiger partial charge in [0.1, 0.15) is 0 Å². The Labute approximate surface area is 81.0 Å². The first-order valence-electron chi connectivity index (χ1n) is 4.93. The zero-order valence-corrected chi connectivity index (χ0v) is 8.93. The van der Waals surface area contributed by atoms with Crippen molar-refractivity contribution in [3.8, 4) is 0 Å². The lowest BCUT2D eigenvalue weighted by Crippen LogP contribution is -1.99. The van der Waals surface area contributed by atoms with Crippen molar-refractivity contribution in [2.24, 2.45) is 0 Å². The van der Waals surface area contributed by atoms with Crippen LogP contribution < -0.4 is 0 Å². The molecule has 0 radical (unpaired) electrons. The minimum Gasteiger partial charge on any atom is -0.469 e. The smallest absolute Gasteiger partial charge is 0.309 e. The molecule has 0 N–H and O–H groups in total. The first-order chi connectivity index (χ1) is 6.20. The Bertz CT molecular complexity index is 171. The molecule has 0 aromatic rings. The van der Waals surface area contributed by atoms with Crippen LogP contribution in [0.2, 0.25) is 0 Å². The zero-order valence-electron chi connectivity index (χ0n) is 8.93. The predicted molar refractivity (Wildman–Crippen MR) is 54.5 cm³/mol. The van der Waals surface area contributed by atoms with Crippen LogP contribution in [0.3, 0.4) is 0 Å². The van der Waals surface area contributed by atoms with Crippen molar-refractivity contribution in [1.82, 2.24) is 0 Å². The summed E-state index contributed by atoms with van der Waals surface area (Å²) in [4.78, 5) is 10.8. The molecular formula is C11H20O2. The maximum atomic E-state index is 10.8. The molecule has 0 saturated heterocycles. The monoisotopic (exact) mass is 184 g/mol. The molecule has 0 aliphatic carbocycles. The first-order valence-corrected chi connectivity index (χ1v) is 4.93. The van der Waals surface area contributed by atoms with E-state index in [-0.39, 0.29) is 5.97 Å². The average Bonchev–Trinajstić information content (AvgIpc) is 2.12. The van der Waals surface area contributed by atoms with E-state index in [1.165, 1.54) is 26.4 Å². The van der Waals surface area contributed by atoms with Gasteiger partial charge in [0, 0.05) is 0 Å². The molecule has 0 saturated carbocycles. The van der Waals surface area contributed by atoms with Gasteiger partial charge in [-0.3, -0.25) is 4.79 Å². The van der Waals surface area contributed by atoms with Gasteiger partial charge in [0.25, 0.3) is 0 Å². The Kier molecular flexibility index (Phi) is 7.36. The molecule has 0 amide bonds. The van der Waals surface area contributed by atoms with E-state index in [9.17, 15) is 4.79 Å². The molecule has 0 fully saturated rings. The van der Waals surface area contributed by atoms with E-state index in [0.717, 1.165) is 12.0 Å². The van der Waals surface area contributed by atoms with Gasteiger partial charge in [-0.25, -0.2) is 0 Å². The van der Waals surface area contributed by atoms with Gasteiger partial charge < -0.3 is 4.74 Å². The van der Waals surface area contributed by atoms with Crippen molar-refractivity contribution >= 4 is 5.97 Å². The van der Waals surface area contributed by atoms with Crippen molar-refractivity contribution < 1.29 is 9.53 Å². The normalized spacial score (nSPS) is 11.5. The lowest BCUT2D eigenvalue weighted by Gasteiger charge is -1.99. The van der Waals surface area contributed by atoms with Gasteiger partial charge in [-0.05, 0) is 19.8 Å². The summed E-state index contributed by atoms with van der Waals surface area (Å²) in [6.45, 7) is 4.16. The number of methoxy groups -OCH3 is 1. The highest BCUT2D eigenvalue weighted by Crippen LogP contribution is 2.06. The molecule has 0 spiro atoms. The van der Waals surface area contributed by atoms with Gasteiger partial charge in [-0.15, -0.1) is 0 Å². The number of carbonyl (C=O) groups excluding carboxylic acids is 1. The van der Waals surface area contributed by atoms with Gasteiger partial charge in [0.15, 0.2) is 0 Å². The van der Waals surface area contributed by atoms with Gasteiger partial charge in [-0.2, -0.15) is 0 Å². The van der Waals surface area contributed by atoms with E-state index in [0.29, 0.717) is 6.42 Å². The summed E-state index contributed by atoms with van der Waals surface area (Å²) in [7, 11) is 1.42. The first kappa shape index (κ1) is 12.2. The molecule has 0 aliphatic heterocycles. The molecule has 76 valence electrons. The largest absolute Gasteiger partial charge is 0.469 e. The van der Waals surface area contributed by atoms with Crippen LogP contribution in [-0.4, -0.2) is 13.1 Å². The van der Waals surface area contributed by atoms with E-state index in [2.05, 4.69) is 17.7 Å². The summed E-state index contributed by atoms with van der Waals surface area (Å²) in [6, 6.07) is 0. The van der Waals surface area contributed by atoms with Gasteiger partial charge in [0.05, 0.1) is 13.5 Å². The van der Waals surface area contributed by atoms with Crippen molar-refractivity contribution in [2.75, 3.05) is 7.11 Å². The minimum atomic E-state index is -0.149. The molecule has 0 unspecified atom stereocenters. The topological polar surface area (TPSA) is 26.3 Å². The molecule has 13 heavy (non-hydrogen) atoms. The number of hydrogen-bond donors (Lipinski definition) is 0. The maximum absolute atomic E-state index is 10.8. The Balaban J connectivity index is 3.56. The fraction of sp³-hybridized carbons (Fsp3) is 0.727. The van der Waals surface area contributed by atoms with Crippen LogP contribution in [0, 0.1) is 0 Å². The van der Waals surface area contributed by atoms with E-state index >= 15 is 0 Å². The molecule has 0 rings (SSSR count). The van der Waals surface area contributed by atoms with E-state index in [1.807, 2.05) is 6.92 Å². The number of unbranched alkanes of at least 4 members (excludes halogenated alkanes) is 3. The lowest BCUT2D eigenvalue weighted by atomic mass is 10.1. The van der Waals surface area contributed by atoms with Crippen molar-refractivity contribution in [3.05, 3.63) is 11.6 Å². The van der Waals surface area contributed by atoms with Crippen molar-refractivity contribution in [2.45, 2.75) is 46.0 Å². The maximum Gasteiger partial charge on any atom is 0.309 e. The lowest BCUT2D eigenvalue weighted by molar-refractivity contribution is -0.139. The van der Waals surface area contributed by atoms with Crippen molar-refractivity contribution in [3.63, 3.8) is 0 Å².